The highest BCUT2D eigenvalue weighted by atomic mass is 19.4. The van der Waals surface area contributed by atoms with Crippen molar-refractivity contribution in [1.29, 1.82) is 0 Å². The fourth-order valence-corrected chi connectivity index (χ4v) is 2.44. The summed E-state index contributed by atoms with van der Waals surface area (Å²) in [5.74, 6) is -0.490. The van der Waals surface area contributed by atoms with Gasteiger partial charge in [-0.2, -0.15) is 13.2 Å². The maximum absolute atomic E-state index is 12.5. The number of alkyl halides is 3. The normalized spacial score (nSPS) is 19.8. The Balaban J connectivity index is 2.75. The minimum absolute atomic E-state index is 0.0368. The fraction of sp³-hybridized carbons (Fsp3) is 0.846. The summed E-state index contributed by atoms with van der Waals surface area (Å²) in [5.41, 5.74) is -0.966. The van der Waals surface area contributed by atoms with Gasteiger partial charge in [0.2, 0.25) is 11.8 Å². The number of hydrogen-bond donors (Lipinski definition) is 1. The number of amides is 2. The van der Waals surface area contributed by atoms with Gasteiger partial charge >= 0.3 is 6.18 Å². The maximum Gasteiger partial charge on any atom is 0.389 e. The van der Waals surface area contributed by atoms with E-state index in [2.05, 4.69) is 5.32 Å². The molecule has 0 saturated carbocycles. The predicted octanol–water partition coefficient (Wildman–Crippen LogP) is 2.24. The van der Waals surface area contributed by atoms with Gasteiger partial charge < -0.3 is 10.2 Å². The van der Waals surface area contributed by atoms with Crippen molar-refractivity contribution >= 4 is 11.8 Å². The van der Waals surface area contributed by atoms with Crippen LogP contribution >= 0.6 is 0 Å². The number of carbonyl (C=O) groups is 2. The van der Waals surface area contributed by atoms with Gasteiger partial charge in [0.05, 0.1) is 0 Å². The van der Waals surface area contributed by atoms with E-state index in [1.165, 1.54) is 4.90 Å². The molecule has 0 aromatic rings. The first-order valence-corrected chi connectivity index (χ1v) is 6.91. The van der Waals surface area contributed by atoms with Crippen molar-refractivity contribution in [3.8, 4) is 0 Å². The SMILES string of the molecule is CCC1(CC)NC(=O)CCN(CCCC(F)(F)F)C1=O. The first-order valence-electron chi connectivity index (χ1n) is 6.91. The Labute approximate surface area is 116 Å². The predicted molar refractivity (Wildman–Crippen MR) is 67.9 cm³/mol. The summed E-state index contributed by atoms with van der Waals surface area (Å²) in [5, 5.41) is 2.73. The Morgan fingerprint density at radius 2 is 1.85 bits per heavy atom. The lowest BCUT2D eigenvalue weighted by molar-refractivity contribution is -0.143. The molecule has 0 aromatic heterocycles. The third-order valence-corrected chi connectivity index (χ3v) is 3.78. The van der Waals surface area contributed by atoms with E-state index in [0.29, 0.717) is 12.8 Å². The lowest BCUT2D eigenvalue weighted by Gasteiger charge is -2.33. The van der Waals surface area contributed by atoms with Gasteiger partial charge in [0.1, 0.15) is 5.54 Å². The molecule has 116 valence electrons. The van der Waals surface area contributed by atoms with Crippen molar-refractivity contribution < 1.29 is 22.8 Å². The fourth-order valence-electron chi connectivity index (χ4n) is 2.44. The van der Waals surface area contributed by atoms with Gasteiger partial charge in [0.15, 0.2) is 0 Å². The second-order valence-corrected chi connectivity index (χ2v) is 5.10. The number of nitrogens with zero attached hydrogens (tertiary/aromatic N) is 1. The third-order valence-electron chi connectivity index (χ3n) is 3.78. The standard InChI is InChI=1S/C13H21F3N2O2/c1-3-12(4-2)11(20)18(9-6-10(19)17-12)8-5-7-13(14,15)16/h3-9H2,1-2H3,(H,17,19). The molecule has 1 aliphatic rings. The molecule has 0 unspecified atom stereocenters. The molecule has 2 amide bonds. The molecule has 0 spiro atoms. The highest BCUT2D eigenvalue weighted by molar-refractivity contribution is 5.93. The third kappa shape index (κ3) is 4.11. The molecule has 0 radical (unpaired) electrons. The summed E-state index contributed by atoms with van der Waals surface area (Å²) in [4.78, 5) is 25.5. The molecule has 1 rings (SSSR count). The molecule has 0 aliphatic carbocycles. The second kappa shape index (κ2) is 6.45. The Bertz CT molecular complexity index is 365. The zero-order valence-electron chi connectivity index (χ0n) is 11.8. The van der Waals surface area contributed by atoms with Crippen molar-refractivity contribution in [3.05, 3.63) is 0 Å². The highest BCUT2D eigenvalue weighted by Crippen LogP contribution is 2.24. The van der Waals surface area contributed by atoms with Crippen LogP contribution in [0.3, 0.4) is 0 Å². The van der Waals surface area contributed by atoms with Crippen molar-refractivity contribution in [2.75, 3.05) is 13.1 Å². The van der Waals surface area contributed by atoms with E-state index < -0.39 is 18.1 Å². The molecular formula is C13H21F3N2O2. The molecular weight excluding hydrogens is 273 g/mol. The van der Waals surface area contributed by atoms with Crippen molar-refractivity contribution in [2.45, 2.75) is 57.7 Å². The molecule has 4 nitrogen and oxygen atoms in total. The van der Waals surface area contributed by atoms with Crippen LogP contribution in [0.5, 0.6) is 0 Å². The van der Waals surface area contributed by atoms with Crippen molar-refractivity contribution in [3.63, 3.8) is 0 Å². The van der Waals surface area contributed by atoms with E-state index in [9.17, 15) is 22.8 Å². The molecule has 0 atom stereocenters. The molecule has 1 N–H and O–H groups in total. The van der Waals surface area contributed by atoms with Crippen molar-refractivity contribution in [1.82, 2.24) is 10.2 Å². The van der Waals surface area contributed by atoms with Gasteiger partial charge in [-0.05, 0) is 19.3 Å². The number of halogens is 3. The van der Waals surface area contributed by atoms with Gasteiger partial charge in [-0.25, -0.2) is 0 Å². The summed E-state index contributed by atoms with van der Waals surface area (Å²) in [7, 11) is 0. The summed E-state index contributed by atoms with van der Waals surface area (Å²) in [6.45, 7) is 3.81. The average Bonchev–Trinajstić information content (AvgIpc) is 2.48. The summed E-state index contributed by atoms with van der Waals surface area (Å²) >= 11 is 0. The van der Waals surface area contributed by atoms with E-state index in [1.54, 1.807) is 13.8 Å². The smallest absolute Gasteiger partial charge is 0.342 e. The molecule has 1 saturated heterocycles. The largest absolute Gasteiger partial charge is 0.389 e. The molecule has 1 heterocycles. The van der Waals surface area contributed by atoms with Gasteiger partial charge in [-0.1, -0.05) is 13.8 Å². The minimum Gasteiger partial charge on any atom is -0.342 e. The Morgan fingerprint density at radius 1 is 1.25 bits per heavy atom. The quantitative estimate of drug-likeness (QED) is 0.845. The zero-order chi connectivity index (χ0) is 15.4. The van der Waals surface area contributed by atoms with Crippen LogP contribution in [0.25, 0.3) is 0 Å². The molecule has 0 bridgehead atoms. The van der Waals surface area contributed by atoms with Gasteiger partial charge in [0, 0.05) is 25.9 Å². The van der Waals surface area contributed by atoms with E-state index in [1.807, 2.05) is 0 Å². The van der Waals surface area contributed by atoms with Crippen LogP contribution < -0.4 is 5.32 Å². The van der Waals surface area contributed by atoms with Crippen LogP contribution in [-0.2, 0) is 9.59 Å². The maximum atomic E-state index is 12.5. The Kier molecular flexibility index (Phi) is 5.42. The summed E-state index contributed by atoms with van der Waals surface area (Å²) < 4.78 is 36.5. The van der Waals surface area contributed by atoms with Crippen LogP contribution in [0.15, 0.2) is 0 Å². The first kappa shape index (κ1) is 16.8. The Morgan fingerprint density at radius 3 is 2.35 bits per heavy atom. The number of nitrogens with one attached hydrogen (secondary N) is 1. The first-order chi connectivity index (χ1) is 9.24. The van der Waals surface area contributed by atoms with Crippen molar-refractivity contribution in [2.24, 2.45) is 0 Å². The van der Waals surface area contributed by atoms with Crippen LogP contribution in [0, 0.1) is 0 Å². The summed E-state index contributed by atoms with van der Waals surface area (Å²) in [6, 6.07) is 0. The number of rotatable bonds is 5. The van der Waals surface area contributed by atoms with E-state index in [4.69, 9.17) is 0 Å². The zero-order valence-corrected chi connectivity index (χ0v) is 11.8. The number of carbonyl (C=O) groups excluding carboxylic acids is 2. The minimum atomic E-state index is -4.21. The topological polar surface area (TPSA) is 49.4 Å². The Hall–Kier alpha value is -1.27. The monoisotopic (exact) mass is 294 g/mol. The lowest BCUT2D eigenvalue weighted by atomic mass is 9.91. The molecule has 1 aliphatic heterocycles. The van der Waals surface area contributed by atoms with E-state index in [0.717, 1.165) is 0 Å². The number of hydrogen-bond acceptors (Lipinski definition) is 2. The van der Waals surface area contributed by atoms with Gasteiger partial charge in [0.25, 0.3) is 0 Å². The van der Waals surface area contributed by atoms with E-state index >= 15 is 0 Å². The average molecular weight is 294 g/mol. The van der Waals surface area contributed by atoms with Crippen LogP contribution in [0.4, 0.5) is 13.2 Å². The van der Waals surface area contributed by atoms with Crippen LogP contribution in [0.2, 0.25) is 0 Å². The molecule has 1 fully saturated rings. The van der Waals surface area contributed by atoms with Crippen LogP contribution in [0.1, 0.15) is 46.0 Å². The molecule has 0 aromatic carbocycles. The molecule has 20 heavy (non-hydrogen) atoms. The van der Waals surface area contributed by atoms with E-state index in [-0.39, 0.29) is 37.7 Å². The lowest BCUT2D eigenvalue weighted by Crippen LogP contribution is -2.56. The summed E-state index contributed by atoms with van der Waals surface area (Å²) in [6.07, 6.45) is -4.25. The van der Waals surface area contributed by atoms with Gasteiger partial charge in [-0.3, -0.25) is 9.59 Å². The second-order valence-electron chi connectivity index (χ2n) is 5.10. The molecule has 7 heteroatoms. The highest BCUT2D eigenvalue weighted by Gasteiger charge is 2.41. The van der Waals surface area contributed by atoms with Crippen LogP contribution in [-0.4, -0.2) is 41.5 Å². The van der Waals surface area contributed by atoms with Gasteiger partial charge in [-0.15, -0.1) is 0 Å².